The highest BCUT2D eigenvalue weighted by molar-refractivity contribution is 9.10. The van der Waals surface area contributed by atoms with Gasteiger partial charge in [-0.3, -0.25) is 0 Å². The Morgan fingerprint density at radius 3 is 2.64 bits per heavy atom. The Morgan fingerprint density at radius 2 is 2.14 bits per heavy atom. The zero-order chi connectivity index (χ0) is 10.7. The van der Waals surface area contributed by atoms with E-state index in [1.54, 1.807) is 6.07 Å². The van der Waals surface area contributed by atoms with E-state index in [1.165, 1.54) is 12.1 Å². The zero-order valence-corrected chi connectivity index (χ0v) is 8.86. The van der Waals surface area contributed by atoms with E-state index in [4.69, 9.17) is 15.9 Å². The van der Waals surface area contributed by atoms with E-state index in [0.717, 1.165) is 0 Å². The molecule has 76 valence electrons. The van der Waals surface area contributed by atoms with Crippen LogP contribution in [0.25, 0.3) is 0 Å². The number of aliphatic hydroxyl groups is 1. The average molecular weight is 260 g/mol. The van der Waals surface area contributed by atoms with Crippen LogP contribution in [-0.2, 0) is 0 Å². The van der Waals surface area contributed by atoms with Crippen molar-refractivity contribution in [2.24, 2.45) is 5.73 Å². The molecule has 0 aliphatic heterocycles. The van der Waals surface area contributed by atoms with Gasteiger partial charge in [0.05, 0.1) is 18.2 Å². The molecule has 0 unspecified atom stereocenters. The number of hydrogen-bond acceptors (Lipinski definition) is 3. The van der Waals surface area contributed by atoms with Crippen LogP contribution in [-0.4, -0.2) is 22.8 Å². The molecule has 0 saturated carbocycles. The molecule has 0 radical (unpaired) electrons. The summed E-state index contributed by atoms with van der Waals surface area (Å²) < 4.78 is 0.635. The first-order valence-electron chi connectivity index (χ1n) is 3.95. The molecule has 0 aliphatic rings. The number of carbonyl (C=O) groups is 1. The molecule has 0 fully saturated rings. The van der Waals surface area contributed by atoms with Crippen LogP contribution in [0.5, 0.6) is 0 Å². The lowest BCUT2D eigenvalue weighted by molar-refractivity contribution is 0.0696. The predicted octanol–water partition coefficient (Wildman–Crippen LogP) is 1.14. The number of carboxylic acid groups (broad SMARTS) is 1. The lowest BCUT2D eigenvalue weighted by atomic mass is 10.1. The Bertz CT molecular complexity index is 354. The van der Waals surface area contributed by atoms with Crippen molar-refractivity contribution in [1.82, 2.24) is 0 Å². The van der Waals surface area contributed by atoms with Crippen LogP contribution in [0.15, 0.2) is 22.7 Å². The van der Waals surface area contributed by atoms with Crippen molar-refractivity contribution in [3.8, 4) is 0 Å². The van der Waals surface area contributed by atoms with Crippen LogP contribution in [0.4, 0.5) is 0 Å². The summed E-state index contributed by atoms with van der Waals surface area (Å²) in [5, 5.41) is 17.6. The number of aromatic carboxylic acids is 1. The Hall–Kier alpha value is -0.910. The van der Waals surface area contributed by atoms with Gasteiger partial charge in [0, 0.05) is 4.47 Å². The monoisotopic (exact) mass is 259 g/mol. The van der Waals surface area contributed by atoms with Gasteiger partial charge < -0.3 is 15.9 Å². The van der Waals surface area contributed by atoms with Crippen LogP contribution in [0, 0.1) is 0 Å². The molecular formula is C9H10BrNO3. The highest BCUT2D eigenvalue weighted by Crippen LogP contribution is 2.19. The molecule has 1 aromatic rings. The molecule has 0 bridgehead atoms. The zero-order valence-electron chi connectivity index (χ0n) is 7.27. The normalized spacial score (nSPS) is 12.5. The lowest BCUT2D eigenvalue weighted by Gasteiger charge is -2.09. The second-order valence-electron chi connectivity index (χ2n) is 2.87. The third-order valence-corrected chi connectivity index (χ3v) is 2.25. The second kappa shape index (κ2) is 4.54. The Morgan fingerprint density at radius 1 is 1.50 bits per heavy atom. The maximum Gasteiger partial charge on any atom is 0.335 e. The van der Waals surface area contributed by atoms with Gasteiger partial charge in [0.1, 0.15) is 0 Å². The standard InChI is InChI=1S/C9H10BrNO3/c10-7-2-5(8(11)4-12)1-6(3-7)9(13)14/h1-3,8,12H,4,11H2,(H,13,14)/t8-/m1/s1. The molecule has 0 aliphatic carbocycles. The van der Waals surface area contributed by atoms with Crippen LogP contribution >= 0.6 is 15.9 Å². The van der Waals surface area contributed by atoms with E-state index in [1.807, 2.05) is 0 Å². The van der Waals surface area contributed by atoms with Crippen LogP contribution in [0.1, 0.15) is 22.0 Å². The molecule has 1 rings (SSSR count). The third kappa shape index (κ3) is 2.54. The lowest BCUT2D eigenvalue weighted by Crippen LogP contribution is -2.15. The van der Waals surface area contributed by atoms with E-state index in [0.29, 0.717) is 10.0 Å². The third-order valence-electron chi connectivity index (χ3n) is 1.79. The Kier molecular flexibility index (Phi) is 3.62. The highest BCUT2D eigenvalue weighted by Gasteiger charge is 2.10. The van der Waals surface area contributed by atoms with Crippen LogP contribution in [0.2, 0.25) is 0 Å². The van der Waals surface area contributed by atoms with Crippen LogP contribution < -0.4 is 5.73 Å². The number of benzene rings is 1. The molecule has 0 spiro atoms. The fourth-order valence-electron chi connectivity index (χ4n) is 1.06. The van der Waals surface area contributed by atoms with Crippen molar-refractivity contribution < 1.29 is 15.0 Å². The molecule has 5 heteroatoms. The van der Waals surface area contributed by atoms with E-state index < -0.39 is 12.0 Å². The summed E-state index contributed by atoms with van der Waals surface area (Å²) in [5.41, 5.74) is 6.32. The van der Waals surface area contributed by atoms with Gasteiger partial charge >= 0.3 is 5.97 Å². The average Bonchev–Trinajstić information content (AvgIpc) is 2.15. The minimum absolute atomic E-state index is 0.151. The van der Waals surface area contributed by atoms with Gasteiger partial charge in [0.2, 0.25) is 0 Å². The van der Waals surface area contributed by atoms with Gasteiger partial charge in [0.15, 0.2) is 0 Å². The predicted molar refractivity (Wildman–Crippen MR) is 55.1 cm³/mol. The van der Waals surface area contributed by atoms with Crippen molar-refractivity contribution in [3.63, 3.8) is 0 Å². The summed E-state index contributed by atoms with van der Waals surface area (Å²) in [6.45, 7) is -0.213. The van der Waals surface area contributed by atoms with Gasteiger partial charge in [-0.25, -0.2) is 4.79 Å². The smallest absolute Gasteiger partial charge is 0.335 e. The van der Waals surface area contributed by atoms with E-state index in [2.05, 4.69) is 15.9 Å². The molecule has 4 N–H and O–H groups in total. The maximum atomic E-state index is 10.7. The van der Waals surface area contributed by atoms with Crippen molar-refractivity contribution >= 4 is 21.9 Å². The first-order chi connectivity index (χ1) is 6.54. The maximum absolute atomic E-state index is 10.7. The molecule has 14 heavy (non-hydrogen) atoms. The van der Waals surface area contributed by atoms with Gasteiger partial charge in [0.25, 0.3) is 0 Å². The molecule has 0 saturated heterocycles. The molecule has 4 nitrogen and oxygen atoms in total. The fraction of sp³-hybridized carbons (Fsp3) is 0.222. The first kappa shape index (κ1) is 11.2. The summed E-state index contributed by atoms with van der Waals surface area (Å²) in [6, 6.07) is 4.07. The SMILES string of the molecule is N[C@H](CO)c1cc(Br)cc(C(=O)O)c1. The van der Waals surface area contributed by atoms with Gasteiger partial charge in [-0.05, 0) is 23.8 Å². The summed E-state index contributed by atoms with van der Waals surface area (Å²) in [7, 11) is 0. The van der Waals surface area contributed by atoms with Gasteiger partial charge in [-0.2, -0.15) is 0 Å². The summed E-state index contributed by atoms with van der Waals surface area (Å²) in [4.78, 5) is 10.7. The number of nitrogens with two attached hydrogens (primary N) is 1. The quantitative estimate of drug-likeness (QED) is 0.760. The second-order valence-corrected chi connectivity index (χ2v) is 3.78. The highest BCUT2D eigenvalue weighted by atomic mass is 79.9. The number of rotatable bonds is 3. The summed E-state index contributed by atoms with van der Waals surface area (Å²) in [6.07, 6.45) is 0. The number of aliphatic hydroxyl groups excluding tert-OH is 1. The number of hydrogen-bond donors (Lipinski definition) is 3. The van der Waals surface area contributed by atoms with Crippen molar-refractivity contribution in [2.75, 3.05) is 6.61 Å². The van der Waals surface area contributed by atoms with Crippen molar-refractivity contribution in [1.29, 1.82) is 0 Å². The van der Waals surface area contributed by atoms with E-state index in [9.17, 15) is 4.79 Å². The van der Waals surface area contributed by atoms with Crippen LogP contribution in [0.3, 0.4) is 0 Å². The van der Waals surface area contributed by atoms with E-state index in [-0.39, 0.29) is 12.2 Å². The van der Waals surface area contributed by atoms with Crippen molar-refractivity contribution in [3.05, 3.63) is 33.8 Å². The molecule has 1 atom stereocenters. The first-order valence-corrected chi connectivity index (χ1v) is 4.74. The van der Waals surface area contributed by atoms with Gasteiger partial charge in [-0.15, -0.1) is 0 Å². The number of halogens is 1. The minimum atomic E-state index is -1.02. The molecule has 1 aromatic carbocycles. The molecular weight excluding hydrogens is 250 g/mol. The Balaban J connectivity index is 3.13. The topological polar surface area (TPSA) is 83.5 Å². The van der Waals surface area contributed by atoms with Crippen molar-refractivity contribution in [2.45, 2.75) is 6.04 Å². The Labute approximate surface area is 89.5 Å². The molecule has 0 amide bonds. The molecule has 0 heterocycles. The minimum Gasteiger partial charge on any atom is -0.478 e. The summed E-state index contributed by atoms with van der Waals surface area (Å²) in [5.74, 6) is -1.02. The van der Waals surface area contributed by atoms with E-state index >= 15 is 0 Å². The fourth-order valence-corrected chi connectivity index (χ4v) is 1.57. The largest absolute Gasteiger partial charge is 0.478 e. The molecule has 0 aromatic heterocycles. The summed E-state index contributed by atoms with van der Waals surface area (Å²) >= 11 is 3.18. The number of carboxylic acids is 1. The van der Waals surface area contributed by atoms with Gasteiger partial charge in [-0.1, -0.05) is 15.9 Å².